The van der Waals surface area contributed by atoms with Crippen molar-refractivity contribution < 1.29 is 4.79 Å². The molecular formula is C16H21N3O2. The van der Waals surface area contributed by atoms with Crippen LogP contribution in [0.15, 0.2) is 35.3 Å². The highest BCUT2D eigenvalue weighted by atomic mass is 16.2. The lowest BCUT2D eigenvalue weighted by Crippen LogP contribution is -2.35. The summed E-state index contributed by atoms with van der Waals surface area (Å²) in [5, 5.41) is 1.52. The molecule has 0 spiro atoms. The lowest BCUT2D eigenvalue weighted by Gasteiger charge is -2.26. The number of carbonyl (C=O) groups excluding carboxylic acids is 1. The van der Waals surface area contributed by atoms with Crippen LogP contribution in [-0.4, -0.2) is 22.5 Å². The highest BCUT2D eigenvalue weighted by Crippen LogP contribution is 2.26. The van der Waals surface area contributed by atoms with E-state index in [9.17, 15) is 9.59 Å². The minimum Gasteiger partial charge on any atom is -0.351 e. The molecule has 1 unspecified atom stereocenters. The first kappa shape index (κ1) is 15.1. The topological polar surface area (TPSA) is 68.3 Å². The van der Waals surface area contributed by atoms with Crippen molar-refractivity contribution in [1.82, 2.24) is 9.47 Å². The van der Waals surface area contributed by atoms with Gasteiger partial charge in [0.05, 0.1) is 6.04 Å². The molecule has 0 radical (unpaired) electrons. The number of benzene rings is 1. The van der Waals surface area contributed by atoms with Crippen LogP contribution in [0.2, 0.25) is 0 Å². The van der Waals surface area contributed by atoms with Gasteiger partial charge in [0.1, 0.15) is 0 Å². The molecule has 0 saturated carbocycles. The Morgan fingerprint density at radius 2 is 1.76 bits per heavy atom. The molecule has 0 aliphatic carbocycles. The van der Waals surface area contributed by atoms with Crippen molar-refractivity contribution in [3.8, 4) is 0 Å². The molecule has 0 saturated heterocycles. The van der Waals surface area contributed by atoms with Crippen LogP contribution in [0.5, 0.6) is 0 Å². The van der Waals surface area contributed by atoms with E-state index in [4.69, 9.17) is 5.73 Å². The smallest absolute Gasteiger partial charge is 0.315 e. The Kier molecular flexibility index (Phi) is 4.02. The molecule has 2 rings (SSSR count). The number of rotatable bonds is 3. The molecule has 0 aliphatic heterocycles. The summed E-state index contributed by atoms with van der Waals surface area (Å²) in [5.74, 6) is 0. The molecule has 2 N–H and O–H groups in total. The van der Waals surface area contributed by atoms with Crippen LogP contribution >= 0.6 is 0 Å². The molecule has 1 heterocycles. The lowest BCUT2D eigenvalue weighted by molar-refractivity contribution is 0.204. The minimum absolute atomic E-state index is 0.0155. The largest absolute Gasteiger partial charge is 0.351 e. The molecule has 1 aromatic carbocycles. The highest BCUT2D eigenvalue weighted by Gasteiger charge is 2.20. The van der Waals surface area contributed by atoms with E-state index in [1.54, 1.807) is 11.6 Å². The van der Waals surface area contributed by atoms with Gasteiger partial charge in [0.15, 0.2) is 0 Å². The van der Waals surface area contributed by atoms with Gasteiger partial charge in [-0.05, 0) is 37.8 Å². The van der Waals surface area contributed by atoms with Gasteiger partial charge in [-0.2, -0.15) is 0 Å². The third kappa shape index (κ3) is 2.63. The molecule has 2 amide bonds. The highest BCUT2D eigenvalue weighted by molar-refractivity contribution is 5.85. The van der Waals surface area contributed by atoms with Crippen LogP contribution in [-0.2, 0) is 0 Å². The van der Waals surface area contributed by atoms with Gasteiger partial charge in [0.25, 0.3) is 5.56 Å². The van der Waals surface area contributed by atoms with Gasteiger partial charge in [-0.25, -0.2) is 4.79 Å². The van der Waals surface area contributed by atoms with E-state index in [1.807, 2.05) is 51.2 Å². The van der Waals surface area contributed by atoms with E-state index >= 15 is 0 Å². The van der Waals surface area contributed by atoms with Crippen LogP contribution < -0.4 is 11.3 Å². The van der Waals surface area contributed by atoms with Gasteiger partial charge >= 0.3 is 6.03 Å². The van der Waals surface area contributed by atoms with Crippen LogP contribution in [0.4, 0.5) is 4.79 Å². The number of aromatic nitrogens is 1. The quantitative estimate of drug-likeness (QED) is 0.943. The zero-order valence-corrected chi connectivity index (χ0v) is 12.8. The van der Waals surface area contributed by atoms with Crippen molar-refractivity contribution in [2.75, 3.05) is 7.05 Å². The van der Waals surface area contributed by atoms with E-state index in [1.165, 1.54) is 4.90 Å². The van der Waals surface area contributed by atoms with E-state index < -0.39 is 6.03 Å². The van der Waals surface area contributed by atoms with Crippen LogP contribution in [0.25, 0.3) is 10.8 Å². The second kappa shape index (κ2) is 5.60. The molecule has 112 valence electrons. The SMILES string of the molecule is CC(c1cn(C(C)C)c(=O)c2ccccc12)N(C)C(N)=O. The van der Waals surface area contributed by atoms with Crippen molar-refractivity contribution in [2.24, 2.45) is 5.73 Å². The predicted octanol–water partition coefficient (Wildman–Crippen LogP) is 2.65. The fourth-order valence-electron chi connectivity index (χ4n) is 2.45. The van der Waals surface area contributed by atoms with E-state index in [2.05, 4.69) is 0 Å². The molecule has 0 fully saturated rings. The number of fused-ring (bicyclic) bond motifs is 1. The molecular weight excluding hydrogens is 266 g/mol. The monoisotopic (exact) mass is 287 g/mol. The molecule has 2 aromatic rings. The van der Waals surface area contributed by atoms with Gasteiger partial charge in [-0.1, -0.05) is 18.2 Å². The summed E-state index contributed by atoms with van der Waals surface area (Å²) in [6.07, 6.45) is 1.83. The van der Waals surface area contributed by atoms with E-state index in [-0.39, 0.29) is 17.6 Å². The third-order valence-electron chi connectivity index (χ3n) is 3.92. The number of amides is 2. The average molecular weight is 287 g/mol. The third-order valence-corrected chi connectivity index (χ3v) is 3.92. The van der Waals surface area contributed by atoms with Gasteiger partial charge in [0, 0.05) is 24.7 Å². The summed E-state index contributed by atoms with van der Waals surface area (Å²) in [6.45, 7) is 5.83. The molecule has 0 aliphatic rings. The Bertz CT molecular complexity index is 734. The zero-order chi connectivity index (χ0) is 15.7. The predicted molar refractivity (Wildman–Crippen MR) is 84.4 cm³/mol. The lowest BCUT2D eigenvalue weighted by atomic mass is 10.0. The minimum atomic E-state index is -0.492. The number of urea groups is 1. The summed E-state index contributed by atoms with van der Waals surface area (Å²) in [6, 6.07) is 6.81. The Hall–Kier alpha value is -2.30. The van der Waals surface area contributed by atoms with Crippen molar-refractivity contribution in [2.45, 2.75) is 32.9 Å². The second-order valence-corrected chi connectivity index (χ2v) is 5.56. The Morgan fingerprint density at radius 3 is 2.29 bits per heavy atom. The van der Waals surface area contributed by atoms with E-state index in [0.29, 0.717) is 5.39 Å². The Balaban J connectivity index is 2.76. The number of primary amides is 1. The van der Waals surface area contributed by atoms with Gasteiger partial charge in [-0.3, -0.25) is 4.79 Å². The average Bonchev–Trinajstić information content (AvgIpc) is 2.46. The van der Waals surface area contributed by atoms with Crippen LogP contribution in [0.3, 0.4) is 0 Å². The van der Waals surface area contributed by atoms with Crippen LogP contribution in [0, 0.1) is 0 Å². The first-order chi connectivity index (χ1) is 9.84. The number of nitrogens with two attached hydrogens (primary N) is 1. The molecule has 5 heteroatoms. The summed E-state index contributed by atoms with van der Waals surface area (Å²) in [5.41, 5.74) is 6.27. The molecule has 1 aromatic heterocycles. The number of hydrogen-bond acceptors (Lipinski definition) is 2. The zero-order valence-electron chi connectivity index (χ0n) is 12.8. The summed E-state index contributed by atoms with van der Waals surface area (Å²) >= 11 is 0. The molecule has 21 heavy (non-hydrogen) atoms. The number of pyridine rings is 1. The maximum absolute atomic E-state index is 12.5. The first-order valence-electron chi connectivity index (χ1n) is 7.00. The Labute approximate surface area is 124 Å². The Morgan fingerprint density at radius 1 is 1.19 bits per heavy atom. The first-order valence-corrected chi connectivity index (χ1v) is 7.00. The fourth-order valence-corrected chi connectivity index (χ4v) is 2.45. The van der Waals surface area contributed by atoms with Crippen molar-refractivity contribution in [3.05, 3.63) is 46.4 Å². The standard InChI is InChI=1S/C16H21N3O2/c1-10(2)19-9-14(11(3)18(4)16(17)21)12-7-5-6-8-13(12)15(19)20/h5-11H,1-4H3,(H2,17,21). The van der Waals surface area contributed by atoms with E-state index in [0.717, 1.165) is 10.9 Å². The summed E-state index contributed by atoms with van der Waals surface area (Å²) < 4.78 is 1.70. The molecule has 1 atom stereocenters. The number of hydrogen-bond donors (Lipinski definition) is 1. The second-order valence-electron chi connectivity index (χ2n) is 5.56. The normalized spacial score (nSPS) is 12.6. The van der Waals surface area contributed by atoms with Crippen LogP contribution in [0.1, 0.15) is 38.4 Å². The summed E-state index contributed by atoms with van der Waals surface area (Å²) in [7, 11) is 1.66. The maximum Gasteiger partial charge on any atom is 0.315 e. The van der Waals surface area contributed by atoms with Gasteiger partial charge in [0.2, 0.25) is 0 Å². The number of carbonyl (C=O) groups is 1. The molecule has 0 bridgehead atoms. The number of nitrogens with zero attached hydrogens (tertiary/aromatic N) is 2. The van der Waals surface area contributed by atoms with Gasteiger partial charge in [-0.15, -0.1) is 0 Å². The fraction of sp³-hybridized carbons (Fsp3) is 0.375. The van der Waals surface area contributed by atoms with Crippen molar-refractivity contribution in [1.29, 1.82) is 0 Å². The maximum atomic E-state index is 12.5. The van der Waals surface area contributed by atoms with Crippen molar-refractivity contribution >= 4 is 16.8 Å². The summed E-state index contributed by atoms with van der Waals surface area (Å²) in [4.78, 5) is 25.4. The molecule has 5 nitrogen and oxygen atoms in total. The van der Waals surface area contributed by atoms with Crippen molar-refractivity contribution in [3.63, 3.8) is 0 Å². The van der Waals surface area contributed by atoms with Gasteiger partial charge < -0.3 is 15.2 Å².